The van der Waals surface area contributed by atoms with Crippen molar-refractivity contribution < 1.29 is 18.7 Å². The number of methoxy groups -OCH3 is 1. The number of carbonyl (C=O) groups excluding carboxylic acids is 1. The number of benzene rings is 3. The van der Waals surface area contributed by atoms with Crippen molar-refractivity contribution in [1.29, 1.82) is 5.26 Å². The number of carbonyl (C=O) groups is 1. The Labute approximate surface area is 179 Å². The third-order valence-electron chi connectivity index (χ3n) is 4.75. The molecule has 0 saturated heterocycles. The molecule has 0 atom stereocenters. The summed E-state index contributed by atoms with van der Waals surface area (Å²) in [6.07, 6.45) is 0. The van der Waals surface area contributed by atoms with Crippen LogP contribution < -0.4 is 10.1 Å². The summed E-state index contributed by atoms with van der Waals surface area (Å²) in [4.78, 5) is 12.9. The van der Waals surface area contributed by atoms with E-state index in [1.165, 1.54) is 0 Å². The number of nitrogens with one attached hydrogen (secondary N) is 1. The van der Waals surface area contributed by atoms with Crippen LogP contribution in [0.2, 0.25) is 0 Å². The highest BCUT2D eigenvalue weighted by Crippen LogP contribution is 2.28. The Morgan fingerprint density at radius 1 is 1.03 bits per heavy atom. The van der Waals surface area contributed by atoms with Gasteiger partial charge < -0.3 is 19.2 Å². The molecule has 0 radical (unpaired) electrons. The molecule has 31 heavy (non-hydrogen) atoms. The molecule has 0 aliphatic heterocycles. The molecule has 6 nitrogen and oxygen atoms in total. The van der Waals surface area contributed by atoms with E-state index in [0.717, 1.165) is 10.9 Å². The molecule has 3 aromatic carbocycles. The van der Waals surface area contributed by atoms with Crippen molar-refractivity contribution >= 4 is 22.6 Å². The van der Waals surface area contributed by atoms with Crippen molar-refractivity contribution in [1.82, 2.24) is 0 Å². The predicted molar refractivity (Wildman–Crippen MR) is 117 cm³/mol. The van der Waals surface area contributed by atoms with Gasteiger partial charge in [0.05, 0.1) is 18.2 Å². The molecule has 1 N–H and O–H groups in total. The van der Waals surface area contributed by atoms with Gasteiger partial charge in [-0.25, -0.2) is 0 Å². The lowest BCUT2D eigenvalue weighted by Gasteiger charge is -2.09. The van der Waals surface area contributed by atoms with E-state index in [4.69, 9.17) is 19.2 Å². The van der Waals surface area contributed by atoms with Gasteiger partial charge in [-0.1, -0.05) is 36.4 Å². The van der Waals surface area contributed by atoms with Gasteiger partial charge in [0.25, 0.3) is 5.91 Å². The van der Waals surface area contributed by atoms with Crippen LogP contribution in [-0.4, -0.2) is 13.0 Å². The second-order valence-electron chi connectivity index (χ2n) is 6.92. The van der Waals surface area contributed by atoms with Gasteiger partial charge in [0.2, 0.25) is 0 Å². The lowest BCUT2D eigenvalue weighted by molar-refractivity contribution is 0.0992. The van der Waals surface area contributed by atoms with E-state index in [2.05, 4.69) is 11.4 Å². The van der Waals surface area contributed by atoms with Crippen molar-refractivity contribution in [2.75, 3.05) is 12.4 Å². The van der Waals surface area contributed by atoms with Gasteiger partial charge in [-0.2, -0.15) is 5.26 Å². The zero-order valence-corrected chi connectivity index (χ0v) is 16.9. The van der Waals surface area contributed by atoms with Gasteiger partial charge in [-0.15, -0.1) is 0 Å². The molecule has 0 aliphatic carbocycles. The molecule has 1 aromatic heterocycles. The molecule has 4 rings (SSSR count). The van der Waals surface area contributed by atoms with Crippen LogP contribution in [0.3, 0.4) is 0 Å². The monoisotopic (exact) mass is 412 g/mol. The molecular weight excluding hydrogens is 392 g/mol. The SMILES string of the molecule is COCc1c(C(=O)Nc2cccc(OCc3cccc(C#N)c3)c2)oc2ccccc12. The van der Waals surface area contributed by atoms with Crippen LogP contribution in [0.25, 0.3) is 11.0 Å². The molecule has 0 unspecified atom stereocenters. The zero-order valence-electron chi connectivity index (χ0n) is 16.9. The number of amides is 1. The van der Waals surface area contributed by atoms with Gasteiger partial charge >= 0.3 is 0 Å². The first kappa shape index (κ1) is 20.2. The number of hydrogen-bond donors (Lipinski definition) is 1. The van der Waals surface area contributed by atoms with E-state index < -0.39 is 0 Å². The highest BCUT2D eigenvalue weighted by Gasteiger charge is 2.20. The third-order valence-corrected chi connectivity index (χ3v) is 4.75. The van der Waals surface area contributed by atoms with Crippen LogP contribution in [0.15, 0.2) is 77.2 Å². The largest absolute Gasteiger partial charge is 0.489 e. The Morgan fingerprint density at radius 3 is 2.71 bits per heavy atom. The van der Waals surface area contributed by atoms with Crippen molar-refractivity contribution in [3.05, 3.63) is 95.2 Å². The Bertz CT molecular complexity index is 1270. The lowest BCUT2D eigenvalue weighted by Crippen LogP contribution is -2.13. The molecule has 1 amide bonds. The number of nitriles is 1. The van der Waals surface area contributed by atoms with Crippen LogP contribution in [-0.2, 0) is 18.0 Å². The topological polar surface area (TPSA) is 84.5 Å². The minimum absolute atomic E-state index is 0.225. The molecule has 0 aliphatic rings. The van der Waals surface area contributed by atoms with Crippen molar-refractivity contribution in [2.45, 2.75) is 13.2 Å². The standard InChI is InChI=1S/C25H20N2O4/c1-29-16-22-21-10-2-3-11-23(21)31-24(22)25(28)27-19-8-5-9-20(13-19)30-15-18-7-4-6-17(12-18)14-26/h2-13H,15-16H2,1H3,(H,27,28). The molecule has 0 fully saturated rings. The highest BCUT2D eigenvalue weighted by molar-refractivity contribution is 6.06. The average Bonchev–Trinajstić information content (AvgIpc) is 3.17. The number of hydrogen-bond acceptors (Lipinski definition) is 5. The molecule has 6 heteroatoms. The minimum atomic E-state index is -0.359. The van der Waals surface area contributed by atoms with E-state index in [-0.39, 0.29) is 18.3 Å². The first-order chi connectivity index (χ1) is 15.2. The number of fused-ring (bicyclic) bond motifs is 1. The summed E-state index contributed by atoms with van der Waals surface area (Å²) in [5.74, 6) is 0.465. The lowest BCUT2D eigenvalue weighted by atomic mass is 10.1. The molecule has 0 saturated carbocycles. The van der Waals surface area contributed by atoms with Crippen molar-refractivity contribution in [3.8, 4) is 11.8 Å². The fraction of sp³-hybridized carbons (Fsp3) is 0.120. The summed E-state index contributed by atoms with van der Waals surface area (Å²) >= 11 is 0. The van der Waals surface area contributed by atoms with Gasteiger partial charge in [-0.3, -0.25) is 4.79 Å². The summed E-state index contributed by atoms with van der Waals surface area (Å²) in [7, 11) is 1.58. The van der Waals surface area contributed by atoms with Crippen molar-refractivity contribution in [2.24, 2.45) is 0 Å². The van der Waals surface area contributed by atoms with E-state index in [1.54, 1.807) is 43.5 Å². The average molecular weight is 412 g/mol. The summed E-state index contributed by atoms with van der Waals surface area (Å²) < 4.78 is 16.9. The van der Waals surface area contributed by atoms with E-state index >= 15 is 0 Å². The van der Waals surface area contributed by atoms with E-state index in [9.17, 15) is 4.79 Å². The maximum Gasteiger partial charge on any atom is 0.291 e. The maximum absolute atomic E-state index is 12.9. The Hall–Kier alpha value is -4.08. The van der Waals surface area contributed by atoms with Crippen molar-refractivity contribution in [3.63, 3.8) is 0 Å². The molecule has 0 spiro atoms. The molecule has 154 valence electrons. The summed E-state index contributed by atoms with van der Waals surface area (Å²) in [5.41, 5.74) is 3.40. The van der Waals surface area contributed by atoms with Gasteiger partial charge in [0, 0.05) is 29.8 Å². The van der Waals surface area contributed by atoms with Gasteiger partial charge in [-0.05, 0) is 35.9 Å². The van der Waals surface area contributed by atoms with E-state index in [1.807, 2.05) is 36.4 Å². The van der Waals surface area contributed by atoms with Crippen LogP contribution >= 0.6 is 0 Å². The first-order valence-corrected chi connectivity index (χ1v) is 9.70. The summed E-state index contributed by atoms with van der Waals surface area (Å²) in [6, 6.07) is 24.0. The van der Waals surface area contributed by atoms with Crippen LogP contribution in [0.1, 0.15) is 27.2 Å². The molecule has 0 bridgehead atoms. The summed E-state index contributed by atoms with van der Waals surface area (Å²) in [5, 5.41) is 12.7. The second kappa shape index (κ2) is 9.16. The van der Waals surface area contributed by atoms with Gasteiger partial charge in [0.1, 0.15) is 17.9 Å². The quantitative estimate of drug-likeness (QED) is 0.446. The Balaban J connectivity index is 1.50. The number of rotatable bonds is 7. The number of nitrogens with zero attached hydrogens (tertiary/aromatic N) is 1. The summed E-state index contributed by atoms with van der Waals surface area (Å²) in [6.45, 7) is 0.582. The smallest absolute Gasteiger partial charge is 0.291 e. The number of ether oxygens (including phenoxy) is 2. The minimum Gasteiger partial charge on any atom is -0.489 e. The van der Waals surface area contributed by atoms with Gasteiger partial charge in [0.15, 0.2) is 5.76 Å². The second-order valence-corrected chi connectivity index (χ2v) is 6.92. The van der Waals surface area contributed by atoms with Crippen LogP contribution in [0.5, 0.6) is 5.75 Å². The predicted octanol–water partition coefficient (Wildman–Crippen LogP) is 5.28. The Morgan fingerprint density at radius 2 is 1.87 bits per heavy atom. The van der Waals surface area contributed by atoms with Crippen LogP contribution in [0, 0.1) is 11.3 Å². The fourth-order valence-electron chi connectivity index (χ4n) is 3.32. The number of furan rings is 1. The van der Waals surface area contributed by atoms with E-state index in [0.29, 0.717) is 34.8 Å². The van der Waals surface area contributed by atoms with Crippen LogP contribution in [0.4, 0.5) is 5.69 Å². The number of anilines is 1. The molecule has 1 heterocycles. The normalized spacial score (nSPS) is 10.6. The molecule has 4 aromatic rings. The zero-order chi connectivity index (χ0) is 21.6. The highest BCUT2D eigenvalue weighted by atomic mass is 16.5. The third kappa shape index (κ3) is 4.58. The Kier molecular flexibility index (Phi) is 5.97. The maximum atomic E-state index is 12.9. The molecular formula is C25H20N2O4. The fourth-order valence-corrected chi connectivity index (χ4v) is 3.32. The first-order valence-electron chi connectivity index (χ1n) is 9.70. The number of para-hydroxylation sites is 1.